The smallest absolute Gasteiger partial charge is 0.306 e. The van der Waals surface area contributed by atoms with Crippen LogP contribution in [-0.2, 0) is 23.8 Å². The molecule has 11 heteroatoms. The summed E-state index contributed by atoms with van der Waals surface area (Å²) in [6, 6.07) is -1.04. The van der Waals surface area contributed by atoms with Gasteiger partial charge in [-0.25, -0.2) is 0 Å². The molecule has 8 unspecified atom stereocenters. The SMILES string of the molecule is CC/C=C/C=C/C=C\C=C/C=C/CCCC(=O)OC1C(OCC(NC(=O)C(O)CCCCCCCCCCCCCCCC)C(O)/C=C/CCCCCCCCCCC)OC(CO)C(O)C1O. The quantitative estimate of drug-likeness (QED) is 0.0149. The summed E-state index contributed by atoms with van der Waals surface area (Å²) in [6.07, 6.45) is 43.9. The minimum absolute atomic E-state index is 0.0256. The minimum atomic E-state index is -1.64. The van der Waals surface area contributed by atoms with Gasteiger partial charge in [0.15, 0.2) is 12.4 Å². The summed E-state index contributed by atoms with van der Waals surface area (Å²) < 4.78 is 17.4. The van der Waals surface area contributed by atoms with Gasteiger partial charge >= 0.3 is 5.97 Å². The molecule has 1 amide bonds. The number of hydrogen-bond donors (Lipinski definition) is 6. The molecule has 0 aromatic carbocycles. The lowest BCUT2D eigenvalue weighted by molar-refractivity contribution is -0.305. The average Bonchev–Trinajstić information content (AvgIpc) is 3.32. The van der Waals surface area contributed by atoms with Gasteiger partial charge in [-0.05, 0) is 38.5 Å². The van der Waals surface area contributed by atoms with E-state index in [2.05, 4.69) is 32.2 Å². The van der Waals surface area contributed by atoms with E-state index in [-0.39, 0.29) is 19.4 Å². The summed E-state index contributed by atoms with van der Waals surface area (Å²) >= 11 is 0. The highest BCUT2D eigenvalue weighted by Gasteiger charge is 2.47. The molecule has 0 radical (unpaired) electrons. The maximum atomic E-state index is 13.3. The Bertz CT molecular complexity index is 1360. The highest BCUT2D eigenvalue weighted by molar-refractivity contribution is 5.80. The van der Waals surface area contributed by atoms with Gasteiger partial charge in [0.25, 0.3) is 0 Å². The van der Waals surface area contributed by atoms with Gasteiger partial charge < -0.3 is 45.1 Å². The second-order valence-electron chi connectivity index (χ2n) is 18.4. The topological polar surface area (TPSA) is 175 Å². The molecule has 0 bridgehead atoms. The first kappa shape index (κ1) is 62.1. The molecule has 1 rings (SSSR count). The van der Waals surface area contributed by atoms with E-state index in [1.807, 2.05) is 60.8 Å². The average molecular weight is 944 g/mol. The number of aliphatic hydroxyl groups excluding tert-OH is 5. The minimum Gasteiger partial charge on any atom is -0.454 e. The van der Waals surface area contributed by atoms with Crippen LogP contribution >= 0.6 is 0 Å². The monoisotopic (exact) mass is 944 g/mol. The lowest BCUT2D eigenvalue weighted by Gasteiger charge is -2.41. The predicted molar refractivity (Wildman–Crippen MR) is 273 cm³/mol. The van der Waals surface area contributed by atoms with E-state index in [9.17, 15) is 35.1 Å². The number of nitrogens with one attached hydrogen (secondary N) is 1. The molecular weight excluding hydrogens is 847 g/mol. The summed E-state index contributed by atoms with van der Waals surface area (Å²) in [6.45, 7) is 5.56. The number of aliphatic hydroxyl groups is 5. The Balaban J connectivity index is 2.81. The van der Waals surface area contributed by atoms with E-state index < -0.39 is 67.4 Å². The lowest BCUT2D eigenvalue weighted by atomic mass is 9.99. The molecule has 8 atom stereocenters. The Morgan fingerprint density at radius 2 is 1.07 bits per heavy atom. The third-order valence-electron chi connectivity index (χ3n) is 12.3. The van der Waals surface area contributed by atoms with Gasteiger partial charge in [-0.15, -0.1) is 0 Å². The number of esters is 1. The van der Waals surface area contributed by atoms with Gasteiger partial charge in [-0.1, -0.05) is 235 Å². The number of carbonyl (C=O) groups excluding carboxylic acids is 2. The maximum Gasteiger partial charge on any atom is 0.306 e. The molecule has 0 aliphatic carbocycles. The molecule has 11 nitrogen and oxygen atoms in total. The van der Waals surface area contributed by atoms with Crippen LogP contribution in [0.4, 0.5) is 0 Å². The molecule has 67 heavy (non-hydrogen) atoms. The molecule has 1 aliphatic rings. The van der Waals surface area contributed by atoms with Crippen molar-refractivity contribution in [2.45, 2.75) is 256 Å². The van der Waals surface area contributed by atoms with Crippen LogP contribution in [0.5, 0.6) is 0 Å². The molecule has 1 fully saturated rings. The van der Waals surface area contributed by atoms with Gasteiger partial charge in [0.05, 0.1) is 25.4 Å². The Hall–Kier alpha value is -2.90. The van der Waals surface area contributed by atoms with Crippen molar-refractivity contribution in [1.29, 1.82) is 0 Å². The van der Waals surface area contributed by atoms with Crippen LogP contribution in [0.25, 0.3) is 0 Å². The Kier molecular flexibility index (Phi) is 41.1. The third kappa shape index (κ3) is 33.3. The number of ether oxygens (including phenoxy) is 3. The molecular formula is C56H97NO10. The van der Waals surface area contributed by atoms with Crippen molar-refractivity contribution in [3.05, 3.63) is 72.9 Å². The Morgan fingerprint density at radius 3 is 1.60 bits per heavy atom. The standard InChI is InChI=1S/C56H97NO10/c1-4-7-10-13-16-19-22-24-26-28-31-34-37-40-43-49(60)55(64)57-47(48(59)42-39-36-33-30-27-21-18-15-12-9-6-3)46-65-56-54(53(63)52(62)50(45-58)66-56)67-51(61)44-41-38-35-32-29-25-23-20-17-14-11-8-5-2/h8,11,14,17,20,23,25,29,32,35,39,42,47-50,52-54,56,58-60,62-63H,4-7,9-10,12-13,15-16,18-19,21-22,24,26-28,30-31,33-34,36-38,40-41,43-46H2,1-3H3,(H,57,64)/b11-8+,17-14+,23-20-,29-25-,35-32+,42-39+. The fraction of sp³-hybridized carbons (Fsp3) is 0.750. The van der Waals surface area contributed by atoms with Gasteiger partial charge in [-0.2, -0.15) is 0 Å². The summed E-state index contributed by atoms with van der Waals surface area (Å²) in [4.78, 5) is 26.3. The van der Waals surface area contributed by atoms with Gasteiger partial charge in [0.1, 0.15) is 24.4 Å². The largest absolute Gasteiger partial charge is 0.454 e. The number of unbranched alkanes of at least 4 members (excludes halogenated alkanes) is 23. The third-order valence-corrected chi connectivity index (χ3v) is 12.3. The fourth-order valence-electron chi connectivity index (χ4n) is 7.97. The normalized spacial score (nSPS) is 20.6. The zero-order valence-corrected chi connectivity index (χ0v) is 42.2. The summed E-state index contributed by atoms with van der Waals surface area (Å²) in [5.41, 5.74) is 0. The summed E-state index contributed by atoms with van der Waals surface area (Å²) in [7, 11) is 0. The van der Waals surface area contributed by atoms with Crippen molar-refractivity contribution in [3.8, 4) is 0 Å². The Labute approximate surface area is 407 Å². The first-order valence-electron chi connectivity index (χ1n) is 26.8. The van der Waals surface area contributed by atoms with Crippen LogP contribution in [0.1, 0.15) is 207 Å². The van der Waals surface area contributed by atoms with Crippen LogP contribution in [0.3, 0.4) is 0 Å². The lowest BCUT2D eigenvalue weighted by Crippen LogP contribution is -2.61. The molecule has 1 aliphatic heterocycles. The summed E-state index contributed by atoms with van der Waals surface area (Å²) in [5, 5.41) is 56.6. The number of carbonyl (C=O) groups is 2. The number of hydrogen-bond acceptors (Lipinski definition) is 10. The number of rotatable bonds is 43. The molecule has 6 N–H and O–H groups in total. The van der Waals surface area contributed by atoms with Gasteiger partial charge in [-0.3, -0.25) is 9.59 Å². The van der Waals surface area contributed by atoms with Crippen molar-refractivity contribution in [2.24, 2.45) is 0 Å². The van der Waals surface area contributed by atoms with E-state index in [0.717, 1.165) is 51.4 Å². The molecule has 1 saturated heterocycles. The van der Waals surface area contributed by atoms with Crippen LogP contribution in [0.15, 0.2) is 72.9 Å². The first-order chi connectivity index (χ1) is 32.7. The summed E-state index contributed by atoms with van der Waals surface area (Å²) in [5.74, 6) is -1.28. The molecule has 0 aromatic rings. The van der Waals surface area contributed by atoms with Crippen molar-refractivity contribution in [3.63, 3.8) is 0 Å². The highest BCUT2D eigenvalue weighted by atomic mass is 16.7. The van der Waals surface area contributed by atoms with Crippen molar-refractivity contribution < 1.29 is 49.3 Å². The first-order valence-corrected chi connectivity index (χ1v) is 26.8. The highest BCUT2D eigenvalue weighted by Crippen LogP contribution is 2.26. The molecule has 1 heterocycles. The van der Waals surface area contributed by atoms with E-state index in [1.54, 1.807) is 6.08 Å². The fourth-order valence-corrected chi connectivity index (χ4v) is 7.97. The zero-order chi connectivity index (χ0) is 49.0. The second-order valence-corrected chi connectivity index (χ2v) is 18.4. The van der Waals surface area contributed by atoms with Crippen molar-refractivity contribution in [1.82, 2.24) is 5.32 Å². The van der Waals surface area contributed by atoms with Gasteiger partial charge in [0.2, 0.25) is 5.91 Å². The molecule has 386 valence electrons. The van der Waals surface area contributed by atoms with E-state index in [1.165, 1.54) is 103 Å². The second kappa shape index (κ2) is 44.3. The van der Waals surface area contributed by atoms with E-state index in [4.69, 9.17) is 14.2 Å². The van der Waals surface area contributed by atoms with Crippen molar-refractivity contribution in [2.75, 3.05) is 13.2 Å². The predicted octanol–water partition coefficient (Wildman–Crippen LogP) is 11.3. The van der Waals surface area contributed by atoms with Crippen LogP contribution in [0, 0.1) is 0 Å². The van der Waals surface area contributed by atoms with E-state index >= 15 is 0 Å². The molecule has 0 aromatic heterocycles. The van der Waals surface area contributed by atoms with Crippen LogP contribution in [-0.4, -0.2) is 99.6 Å². The van der Waals surface area contributed by atoms with Crippen molar-refractivity contribution >= 4 is 11.9 Å². The number of allylic oxidation sites excluding steroid dienone is 11. The Morgan fingerprint density at radius 1 is 0.597 bits per heavy atom. The van der Waals surface area contributed by atoms with Gasteiger partial charge in [0, 0.05) is 6.42 Å². The molecule has 0 saturated carbocycles. The van der Waals surface area contributed by atoms with E-state index in [0.29, 0.717) is 19.3 Å². The zero-order valence-electron chi connectivity index (χ0n) is 42.2. The number of amides is 1. The molecule has 0 spiro atoms. The van der Waals surface area contributed by atoms with Crippen LogP contribution in [0.2, 0.25) is 0 Å². The maximum absolute atomic E-state index is 13.3. The van der Waals surface area contributed by atoms with Crippen LogP contribution < -0.4 is 5.32 Å².